The monoisotopic (exact) mass is 303 g/mol. The Labute approximate surface area is 128 Å². The minimum Gasteiger partial charge on any atom is -0.505 e. The molecule has 0 aliphatic heterocycles. The molecule has 0 atom stereocenters. The highest BCUT2D eigenvalue weighted by Gasteiger charge is 2.33. The predicted octanol–water partition coefficient (Wildman–Crippen LogP) is 2.00. The number of phenols is 1. The largest absolute Gasteiger partial charge is 0.505 e. The summed E-state index contributed by atoms with van der Waals surface area (Å²) in [4.78, 5) is 18.6. The topological polar surface area (TPSA) is 58.4 Å². The molecular formula is C16H18FN3O2. The van der Waals surface area contributed by atoms with Crippen molar-refractivity contribution in [2.45, 2.75) is 31.8 Å². The number of hydrogen-bond donors (Lipinski definition) is 1. The maximum atomic E-state index is 13.4. The second-order valence-electron chi connectivity index (χ2n) is 5.67. The smallest absolute Gasteiger partial charge is 0.227 e. The number of nitrogens with zero attached hydrogens (tertiary/aromatic N) is 3. The molecule has 1 aromatic heterocycles. The van der Waals surface area contributed by atoms with Crippen LogP contribution in [0.4, 0.5) is 4.39 Å². The lowest BCUT2D eigenvalue weighted by molar-refractivity contribution is -0.131. The SMILES string of the molecule is Cn1ccnc1CN(C(=O)Cc1ccc(O)c(F)c1)C1CC1. The van der Waals surface area contributed by atoms with E-state index in [1.807, 2.05) is 22.7 Å². The van der Waals surface area contributed by atoms with E-state index in [-0.39, 0.29) is 18.4 Å². The molecular weight excluding hydrogens is 285 g/mol. The molecule has 1 aliphatic carbocycles. The molecule has 3 rings (SSSR count). The quantitative estimate of drug-likeness (QED) is 0.919. The van der Waals surface area contributed by atoms with Gasteiger partial charge >= 0.3 is 0 Å². The van der Waals surface area contributed by atoms with Gasteiger partial charge in [-0.2, -0.15) is 0 Å². The van der Waals surface area contributed by atoms with Crippen LogP contribution in [0.2, 0.25) is 0 Å². The van der Waals surface area contributed by atoms with Crippen LogP contribution >= 0.6 is 0 Å². The first-order chi connectivity index (χ1) is 10.5. The van der Waals surface area contributed by atoms with E-state index in [1.165, 1.54) is 12.1 Å². The number of benzene rings is 1. The van der Waals surface area contributed by atoms with Crippen molar-refractivity contribution in [2.75, 3.05) is 0 Å². The Morgan fingerprint density at radius 2 is 2.27 bits per heavy atom. The van der Waals surface area contributed by atoms with Crippen LogP contribution in [0.5, 0.6) is 5.75 Å². The number of aryl methyl sites for hydroxylation is 1. The standard InChI is InChI=1S/C16H18FN3O2/c1-19-7-6-18-15(19)10-20(12-3-4-12)16(22)9-11-2-5-14(21)13(17)8-11/h2,5-8,12,21H,3-4,9-10H2,1H3. The van der Waals surface area contributed by atoms with E-state index in [2.05, 4.69) is 4.98 Å². The Hall–Kier alpha value is -2.37. The fourth-order valence-electron chi connectivity index (χ4n) is 2.44. The Morgan fingerprint density at radius 3 is 2.86 bits per heavy atom. The van der Waals surface area contributed by atoms with Crippen molar-refractivity contribution >= 4 is 5.91 Å². The van der Waals surface area contributed by atoms with Crippen LogP contribution in [-0.2, 0) is 24.8 Å². The van der Waals surface area contributed by atoms with Crippen molar-refractivity contribution < 1.29 is 14.3 Å². The van der Waals surface area contributed by atoms with Gasteiger partial charge < -0.3 is 14.6 Å². The highest BCUT2D eigenvalue weighted by Crippen LogP contribution is 2.29. The van der Waals surface area contributed by atoms with Gasteiger partial charge in [-0.05, 0) is 30.5 Å². The van der Waals surface area contributed by atoms with Gasteiger partial charge in [0.25, 0.3) is 0 Å². The van der Waals surface area contributed by atoms with Gasteiger partial charge in [0.15, 0.2) is 11.6 Å². The van der Waals surface area contributed by atoms with E-state index in [1.54, 1.807) is 12.3 Å². The molecule has 22 heavy (non-hydrogen) atoms. The second-order valence-corrected chi connectivity index (χ2v) is 5.67. The van der Waals surface area contributed by atoms with Gasteiger partial charge in [0.1, 0.15) is 5.82 Å². The predicted molar refractivity (Wildman–Crippen MR) is 78.5 cm³/mol. The fourth-order valence-corrected chi connectivity index (χ4v) is 2.44. The first kappa shape index (κ1) is 14.6. The lowest BCUT2D eigenvalue weighted by Gasteiger charge is -2.22. The summed E-state index contributed by atoms with van der Waals surface area (Å²) in [7, 11) is 1.90. The molecule has 116 valence electrons. The summed E-state index contributed by atoms with van der Waals surface area (Å²) in [6, 6.07) is 4.31. The average molecular weight is 303 g/mol. The molecule has 1 fully saturated rings. The van der Waals surface area contributed by atoms with E-state index in [0.29, 0.717) is 12.1 Å². The maximum Gasteiger partial charge on any atom is 0.227 e. The van der Waals surface area contributed by atoms with Crippen LogP contribution in [-0.4, -0.2) is 31.5 Å². The van der Waals surface area contributed by atoms with Crippen molar-refractivity contribution in [3.63, 3.8) is 0 Å². The number of rotatable bonds is 5. The number of carbonyl (C=O) groups is 1. The summed E-state index contributed by atoms with van der Waals surface area (Å²) in [5.74, 6) is -0.316. The zero-order valence-electron chi connectivity index (χ0n) is 12.4. The molecule has 1 saturated carbocycles. The summed E-state index contributed by atoms with van der Waals surface area (Å²) in [6.07, 6.45) is 5.68. The molecule has 1 N–H and O–H groups in total. The van der Waals surface area contributed by atoms with Gasteiger partial charge in [-0.25, -0.2) is 9.37 Å². The summed E-state index contributed by atoms with van der Waals surface area (Å²) >= 11 is 0. The molecule has 1 aliphatic rings. The molecule has 6 heteroatoms. The molecule has 0 saturated heterocycles. The van der Waals surface area contributed by atoms with Gasteiger partial charge in [0, 0.05) is 25.5 Å². The zero-order chi connectivity index (χ0) is 15.7. The zero-order valence-corrected chi connectivity index (χ0v) is 12.4. The average Bonchev–Trinajstić information content (AvgIpc) is 3.24. The Bertz CT molecular complexity index is 694. The van der Waals surface area contributed by atoms with Crippen molar-refractivity contribution in [3.8, 4) is 5.75 Å². The van der Waals surface area contributed by atoms with Crippen LogP contribution in [0.25, 0.3) is 0 Å². The molecule has 5 nitrogen and oxygen atoms in total. The van der Waals surface area contributed by atoms with E-state index in [9.17, 15) is 14.3 Å². The van der Waals surface area contributed by atoms with Crippen LogP contribution in [0.3, 0.4) is 0 Å². The normalized spacial score (nSPS) is 14.1. The Morgan fingerprint density at radius 1 is 1.50 bits per heavy atom. The van der Waals surface area contributed by atoms with Gasteiger partial charge in [-0.3, -0.25) is 4.79 Å². The minimum atomic E-state index is -0.702. The second kappa shape index (κ2) is 5.79. The number of aromatic nitrogens is 2. The summed E-state index contributed by atoms with van der Waals surface area (Å²) in [5.41, 5.74) is 0.561. The third-order valence-electron chi connectivity index (χ3n) is 3.91. The van der Waals surface area contributed by atoms with Gasteiger partial charge in [-0.15, -0.1) is 0 Å². The molecule has 1 heterocycles. The molecule has 0 bridgehead atoms. The van der Waals surface area contributed by atoms with E-state index >= 15 is 0 Å². The molecule has 1 aromatic carbocycles. The third kappa shape index (κ3) is 3.10. The summed E-state index contributed by atoms with van der Waals surface area (Å²) in [6.45, 7) is 0.466. The van der Waals surface area contributed by atoms with Crippen molar-refractivity contribution in [2.24, 2.45) is 7.05 Å². The lowest BCUT2D eigenvalue weighted by atomic mass is 10.1. The van der Waals surface area contributed by atoms with Crippen LogP contribution in [0.1, 0.15) is 24.2 Å². The number of halogens is 1. The Kier molecular flexibility index (Phi) is 3.83. The van der Waals surface area contributed by atoms with E-state index in [0.717, 1.165) is 18.7 Å². The van der Waals surface area contributed by atoms with Gasteiger partial charge in [0.2, 0.25) is 5.91 Å². The number of hydrogen-bond acceptors (Lipinski definition) is 3. The number of aromatic hydroxyl groups is 1. The highest BCUT2D eigenvalue weighted by molar-refractivity contribution is 5.79. The van der Waals surface area contributed by atoms with Crippen molar-refractivity contribution in [3.05, 3.63) is 47.8 Å². The van der Waals surface area contributed by atoms with E-state index < -0.39 is 11.6 Å². The molecule has 2 aromatic rings. The molecule has 0 radical (unpaired) electrons. The van der Waals surface area contributed by atoms with Crippen LogP contribution in [0, 0.1) is 5.82 Å². The van der Waals surface area contributed by atoms with E-state index in [4.69, 9.17) is 0 Å². The highest BCUT2D eigenvalue weighted by atomic mass is 19.1. The maximum absolute atomic E-state index is 13.4. The lowest BCUT2D eigenvalue weighted by Crippen LogP contribution is -2.34. The Balaban J connectivity index is 1.72. The summed E-state index contributed by atoms with van der Waals surface area (Å²) in [5, 5.41) is 9.21. The van der Waals surface area contributed by atoms with Crippen LogP contribution < -0.4 is 0 Å². The number of carbonyl (C=O) groups excluding carboxylic acids is 1. The number of imidazole rings is 1. The first-order valence-corrected chi connectivity index (χ1v) is 7.27. The molecule has 1 amide bonds. The van der Waals surface area contributed by atoms with Crippen LogP contribution in [0.15, 0.2) is 30.6 Å². The number of phenolic OH excluding ortho intramolecular Hbond substituents is 1. The van der Waals surface area contributed by atoms with Crippen molar-refractivity contribution in [1.29, 1.82) is 0 Å². The van der Waals surface area contributed by atoms with Gasteiger partial charge in [-0.1, -0.05) is 6.07 Å². The molecule has 0 spiro atoms. The minimum absolute atomic E-state index is 0.0458. The fraction of sp³-hybridized carbons (Fsp3) is 0.375. The third-order valence-corrected chi connectivity index (χ3v) is 3.91. The molecule has 0 unspecified atom stereocenters. The first-order valence-electron chi connectivity index (χ1n) is 7.27. The summed E-state index contributed by atoms with van der Waals surface area (Å²) < 4.78 is 15.3. The number of amides is 1. The van der Waals surface area contributed by atoms with Crippen molar-refractivity contribution in [1.82, 2.24) is 14.5 Å². The van der Waals surface area contributed by atoms with Gasteiger partial charge in [0.05, 0.1) is 13.0 Å².